The van der Waals surface area contributed by atoms with Crippen LogP contribution in [0, 0.1) is 0 Å². The van der Waals surface area contributed by atoms with Crippen LogP contribution in [0.1, 0.15) is 55.3 Å². The van der Waals surface area contributed by atoms with Crippen molar-refractivity contribution in [1.29, 1.82) is 0 Å². The van der Waals surface area contributed by atoms with Crippen LogP contribution in [0.25, 0.3) is 10.8 Å². The number of carbonyl (C=O) groups is 4. The lowest BCUT2D eigenvalue weighted by Gasteiger charge is -2.33. The van der Waals surface area contributed by atoms with E-state index in [4.69, 9.17) is 46.4 Å². The number of hydrogen-bond acceptors (Lipinski definition) is 4. The van der Waals surface area contributed by atoms with Gasteiger partial charge in [0.15, 0.2) is 0 Å². The SMILES string of the molecule is CCN1C(=O)c2c(Cl)c(Cl)c3c4c(c(Cl)c(Cl)c(c24)C1=O)C(=O)N(CC)C3=O. The first-order valence-electron chi connectivity index (χ1n) is 8.26. The zero-order chi connectivity index (χ0) is 20.7. The third-order valence-electron chi connectivity index (χ3n) is 4.98. The smallest absolute Gasteiger partial charge is 0.262 e. The second kappa shape index (κ2) is 6.32. The third-order valence-corrected chi connectivity index (χ3v) is 6.69. The molecule has 2 aromatic rings. The molecule has 0 atom stereocenters. The molecule has 0 N–H and O–H groups in total. The largest absolute Gasteiger partial charge is 0.275 e. The molecule has 0 fully saturated rings. The molecule has 0 spiro atoms. The normalized spacial score (nSPS) is 15.9. The third kappa shape index (κ3) is 2.12. The highest BCUT2D eigenvalue weighted by molar-refractivity contribution is 6.54. The molecule has 2 aliphatic rings. The first-order valence-corrected chi connectivity index (χ1v) is 9.78. The summed E-state index contributed by atoms with van der Waals surface area (Å²) < 4.78 is 0. The second-order valence-electron chi connectivity index (χ2n) is 6.22. The second-order valence-corrected chi connectivity index (χ2v) is 7.73. The molecular formula is C18H10Cl4N2O4. The van der Waals surface area contributed by atoms with E-state index in [-0.39, 0.29) is 66.2 Å². The molecule has 2 aliphatic heterocycles. The summed E-state index contributed by atoms with van der Waals surface area (Å²) in [7, 11) is 0. The topological polar surface area (TPSA) is 74.8 Å². The van der Waals surface area contributed by atoms with E-state index in [1.807, 2.05) is 0 Å². The summed E-state index contributed by atoms with van der Waals surface area (Å²) in [5, 5.41) is -0.639. The summed E-state index contributed by atoms with van der Waals surface area (Å²) in [6.07, 6.45) is 0. The molecule has 4 rings (SSSR count). The van der Waals surface area contributed by atoms with E-state index in [2.05, 4.69) is 0 Å². The van der Waals surface area contributed by atoms with Crippen molar-refractivity contribution >= 4 is 80.8 Å². The van der Waals surface area contributed by atoms with Crippen molar-refractivity contribution in [3.63, 3.8) is 0 Å². The van der Waals surface area contributed by atoms with Gasteiger partial charge in [-0.15, -0.1) is 0 Å². The Morgan fingerprint density at radius 1 is 0.536 bits per heavy atom. The fourth-order valence-corrected chi connectivity index (χ4v) is 4.81. The number of carbonyl (C=O) groups excluding carboxylic acids is 4. The van der Waals surface area contributed by atoms with Crippen LogP contribution in [0.3, 0.4) is 0 Å². The van der Waals surface area contributed by atoms with Crippen LogP contribution in [-0.2, 0) is 0 Å². The summed E-state index contributed by atoms with van der Waals surface area (Å²) in [6.45, 7) is 3.35. The molecule has 4 amide bonds. The standard InChI is InChI=1S/C18H10Cl4N2O4/c1-3-23-15(25)7-5-6-9(13(21)11(7)19)17(27)24(4-2)18(28)10(6)14(22)12(20)8(5)16(23)26/h3-4H2,1-2H3. The Bertz CT molecular complexity index is 1000. The minimum absolute atomic E-state index is 0.0333. The van der Waals surface area contributed by atoms with Crippen molar-refractivity contribution in [3.8, 4) is 0 Å². The van der Waals surface area contributed by atoms with Gasteiger partial charge in [-0.2, -0.15) is 0 Å². The zero-order valence-electron chi connectivity index (χ0n) is 14.5. The average molecular weight is 460 g/mol. The maximum absolute atomic E-state index is 12.9. The lowest BCUT2D eigenvalue weighted by Crippen LogP contribution is -2.43. The van der Waals surface area contributed by atoms with Crippen molar-refractivity contribution in [3.05, 3.63) is 42.3 Å². The maximum Gasteiger partial charge on any atom is 0.262 e. The molecule has 10 heteroatoms. The van der Waals surface area contributed by atoms with E-state index < -0.39 is 23.6 Å². The number of rotatable bonds is 2. The number of hydrogen-bond donors (Lipinski definition) is 0. The van der Waals surface area contributed by atoms with Crippen LogP contribution < -0.4 is 0 Å². The van der Waals surface area contributed by atoms with Gasteiger partial charge in [-0.25, -0.2) is 0 Å². The number of imide groups is 2. The van der Waals surface area contributed by atoms with E-state index in [1.165, 1.54) is 0 Å². The Hall–Kier alpha value is -1.86. The fraction of sp³-hybridized carbons (Fsp3) is 0.222. The van der Waals surface area contributed by atoms with Gasteiger partial charge in [0.05, 0.1) is 42.3 Å². The van der Waals surface area contributed by atoms with Gasteiger partial charge < -0.3 is 0 Å². The van der Waals surface area contributed by atoms with E-state index in [9.17, 15) is 19.2 Å². The number of halogens is 4. The van der Waals surface area contributed by atoms with Crippen LogP contribution in [-0.4, -0.2) is 46.5 Å². The highest BCUT2D eigenvalue weighted by atomic mass is 35.5. The average Bonchev–Trinajstić information content (AvgIpc) is 2.64. The number of benzene rings is 2. The molecule has 6 nitrogen and oxygen atoms in total. The summed E-state index contributed by atoms with van der Waals surface area (Å²) >= 11 is 25.5. The van der Waals surface area contributed by atoms with Crippen molar-refractivity contribution in [1.82, 2.24) is 9.80 Å². The zero-order valence-corrected chi connectivity index (χ0v) is 17.5. The van der Waals surface area contributed by atoms with Crippen molar-refractivity contribution < 1.29 is 19.2 Å². The molecule has 144 valence electrons. The Kier molecular flexibility index (Phi) is 4.39. The molecule has 0 radical (unpaired) electrons. The van der Waals surface area contributed by atoms with E-state index in [1.54, 1.807) is 13.8 Å². The van der Waals surface area contributed by atoms with Gasteiger partial charge in [0.1, 0.15) is 0 Å². The molecule has 0 bridgehead atoms. The Morgan fingerprint density at radius 2 is 0.750 bits per heavy atom. The van der Waals surface area contributed by atoms with Gasteiger partial charge in [-0.1, -0.05) is 46.4 Å². The van der Waals surface area contributed by atoms with Gasteiger partial charge in [0, 0.05) is 23.9 Å². The predicted molar refractivity (Wildman–Crippen MR) is 106 cm³/mol. The summed E-state index contributed by atoms with van der Waals surface area (Å²) in [4.78, 5) is 53.6. The molecule has 2 heterocycles. The molecule has 2 aromatic carbocycles. The van der Waals surface area contributed by atoms with E-state index >= 15 is 0 Å². The fourth-order valence-electron chi connectivity index (χ4n) is 3.73. The Morgan fingerprint density at radius 3 is 0.929 bits per heavy atom. The van der Waals surface area contributed by atoms with E-state index in [0.717, 1.165) is 9.80 Å². The van der Waals surface area contributed by atoms with Gasteiger partial charge in [0.25, 0.3) is 23.6 Å². The van der Waals surface area contributed by atoms with Gasteiger partial charge >= 0.3 is 0 Å². The lowest BCUT2D eigenvalue weighted by atomic mass is 9.85. The molecule has 0 aliphatic carbocycles. The maximum atomic E-state index is 12.9. The van der Waals surface area contributed by atoms with Crippen LogP contribution in [0.5, 0.6) is 0 Å². The van der Waals surface area contributed by atoms with Gasteiger partial charge in [-0.05, 0) is 13.8 Å². The summed E-state index contributed by atoms with van der Waals surface area (Å²) in [5.74, 6) is -2.72. The van der Waals surface area contributed by atoms with Gasteiger partial charge in [0.2, 0.25) is 0 Å². The predicted octanol–water partition coefficient (Wildman–Crippen LogP) is 4.69. The molecular weight excluding hydrogens is 450 g/mol. The van der Waals surface area contributed by atoms with Gasteiger partial charge in [-0.3, -0.25) is 29.0 Å². The minimum Gasteiger partial charge on any atom is -0.275 e. The highest BCUT2D eigenvalue weighted by Gasteiger charge is 2.44. The summed E-state index contributed by atoms with van der Waals surface area (Å²) in [6, 6.07) is 0. The van der Waals surface area contributed by atoms with E-state index in [0.29, 0.717) is 0 Å². The highest BCUT2D eigenvalue weighted by Crippen LogP contribution is 2.50. The first-order chi connectivity index (χ1) is 13.2. The number of nitrogens with zero attached hydrogens (tertiary/aromatic N) is 2. The summed E-state index contributed by atoms with van der Waals surface area (Å²) in [5.41, 5.74) is -0.307. The lowest BCUT2D eigenvalue weighted by molar-refractivity contribution is 0.0598. The van der Waals surface area contributed by atoms with Crippen molar-refractivity contribution in [2.45, 2.75) is 13.8 Å². The molecule has 0 unspecified atom stereocenters. The number of amides is 4. The molecule has 0 saturated heterocycles. The Labute approximate surface area is 178 Å². The molecule has 0 saturated carbocycles. The van der Waals surface area contributed by atoms with Crippen LogP contribution >= 0.6 is 46.4 Å². The van der Waals surface area contributed by atoms with Crippen LogP contribution in [0.15, 0.2) is 0 Å². The molecule has 0 aromatic heterocycles. The monoisotopic (exact) mass is 458 g/mol. The van der Waals surface area contributed by atoms with Crippen LogP contribution in [0.4, 0.5) is 0 Å². The van der Waals surface area contributed by atoms with Crippen LogP contribution in [0.2, 0.25) is 20.1 Å². The first kappa shape index (κ1) is 19.5. The van der Waals surface area contributed by atoms with Crippen molar-refractivity contribution in [2.75, 3.05) is 13.1 Å². The molecule has 28 heavy (non-hydrogen) atoms. The van der Waals surface area contributed by atoms with Crippen molar-refractivity contribution in [2.24, 2.45) is 0 Å². The minimum atomic E-state index is -0.680. The quantitative estimate of drug-likeness (QED) is 0.610. The Balaban J connectivity index is 2.35.